The largest absolute Gasteiger partial charge is 0.313 e. The molecule has 58 valence electrons. The highest BCUT2D eigenvalue weighted by Gasteiger charge is 2.13. The van der Waals surface area contributed by atoms with Gasteiger partial charge in [0.15, 0.2) is 4.60 Å². The van der Waals surface area contributed by atoms with Crippen molar-refractivity contribution in [3.05, 3.63) is 10.3 Å². The molecule has 5 heteroatoms. The summed E-state index contributed by atoms with van der Waals surface area (Å²) in [5.41, 5.74) is 6.29. The van der Waals surface area contributed by atoms with Crippen molar-refractivity contribution in [3.63, 3.8) is 0 Å². The number of hydrogen-bond donors (Lipinski definition) is 1. The average Bonchev–Trinajstić information content (AvgIpc) is 2.30. The van der Waals surface area contributed by atoms with Crippen molar-refractivity contribution < 1.29 is 0 Å². The predicted molar refractivity (Wildman–Crippen MR) is 44.5 cm³/mol. The SMILES string of the molecule is C#CC(N)c1c(Br)nnn1C. The topological polar surface area (TPSA) is 56.7 Å². The molecule has 0 aliphatic heterocycles. The minimum absolute atomic E-state index is 0.454. The normalized spacial score (nSPS) is 12.5. The fourth-order valence-corrected chi connectivity index (χ4v) is 1.32. The summed E-state index contributed by atoms with van der Waals surface area (Å²) in [6, 6.07) is -0.454. The van der Waals surface area contributed by atoms with E-state index in [0.717, 1.165) is 0 Å². The van der Waals surface area contributed by atoms with Crippen LogP contribution in [-0.2, 0) is 7.05 Å². The standard InChI is InChI=1S/C6H7BrN4/c1-3-4(8)5-6(7)9-10-11(5)2/h1,4H,8H2,2H3. The molecule has 1 atom stereocenters. The molecule has 11 heavy (non-hydrogen) atoms. The Morgan fingerprint density at radius 3 is 2.82 bits per heavy atom. The molecule has 0 bridgehead atoms. The summed E-state index contributed by atoms with van der Waals surface area (Å²) in [5, 5.41) is 7.47. The molecular formula is C6H7BrN4. The Morgan fingerprint density at radius 2 is 2.45 bits per heavy atom. The van der Waals surface area contributed by atoms with E-state index in [1.54, 1.807) is 11.7 Å². The quantitative estimate of drug-likeness (QED) is 0.681. The van der Waals surface area contributed by atoms with E-state index < -0.39 is 6.04 Å². The third-order valence-corrected chi connectivity index (χ3v) is 1.87. The van der Waals surface area contributed by atoms with Gasteiger partial charge in [-0.3, -0.25) is 0 Å². The first kappa shape index (κ1) is 8.24. The van der Waals surface area contributed by atoms with Crippen LogP contribution in [0.4, 0.5) is 0 Å². The number of halogens is 1. The highest BCUT2D eigenvalue weighted by Crippen LogP contribution is 2.17. The molecule has 1 aromatic rings. The van der Waals surface area contributed by atoms with Crippen LogP contribution in [0, 0.1) is 12.3 Å². The lowest BCUT2D eigenvalue weighted by molar-refractivity contribution is 0.663. The smallest absolute Gasteiger partial charge is 0.154 e. The molecule has 0 aliphatic rings. The maximum Gasteiger partial charge on any atom is 0.154 e. The summed E-state index contributed by atoms with van der Waals surface area (Å²) in [5.74, 6) is 2.40. The molecule has 0 saturated heterocycles. The van der Waals surface area contributed by atoms with Crippen molar-refractivity contribution in [2.75, 3.05) is 0 Å². The van der Waals surface area contributed by atoms with Gasteiger partial charge in [0.2, 0.25) is 0 Å². The number of aromatic nitrogens is 3. The summed E-state index contributed by atoms with van der Waals surface area (Å²) in [6.45, 7) is 0. The molecule has 1 aromatic heterocycles. The number of aryl methyl sites for hydroxylation is 1. The molecule has 0 spiro atoms. The Hall–Kier alpha value is -0.860. The van der Waals surface area contributed by atoms with Gasteiger partial charge < -0.3 is 5.73 Å². The molecule has 1 rings (SSSR count). The van der Waals surface area contributed by atoms with E-state index in [2.05, 4.69) is 32.2 Å². The highest BCUT2D eigenvalue weighted by atomic mass is 79.9. The third-order valence-electron chi connectivity index (χ3n) is 1.30. The molecule has 4 nitrogen and oxygen atoms in total. The van der Waals surface area contributed by atoms with E-state index in [-0.39, 0.29) is 0 Å². The van der Waals surface area contributed by atoms with Gasteiger partial charge in [0.05, 0.1) is 0 Å². The van der Waals surface area contributed by atoms with Crippen LogP contribution in [0.1, 0.15) is 11.7 Å². The van der Waals surface area contributed by atoms with Crippen LogP contribution in [-0.4, -0.2) is 15.0 Å². The zero-order valence-corrected chi connectivity index (χ0v) is 7.54. The number of rotatable bonds is 1. The lowest BCUT2D eigenvalue weighted by Crippen LogP contribution is -2.12. The van der Waals surface area contributed by atoms with Crippen molar-refractivity contribution in [1.29, 1.82) is 0 Å². The summed E-state index contributed by atoms with van der Waals surface area (Å²) in [7, 11) is 1.74. The van der Waals surface area contributed by atoms with Gasteiger partial charge in [-0.25, -0.2) is 4.68 Å². The third kappa shape index (κ3) is 1.42. The first-order valence-electron chi connectivity index (χ1n) is 2.93. The zero-order valence-electron chi connectivity index (χ0n) is 5.95. The first-order valence-corrected chi connectivity index (χ1v) is 3.73. The minimum atomic E-state index is -0.454. The van der Waals surface area contributed by atoms with Gasteiger partial charge in [-0.1, -0.05) is 11.1 Å². The van der Waals surface area contributed by atoms with Crippen LogP contribution in [0.15, 0.2) is 4.60 Å². The number of nitrogens with zero attached hydrogens (tertiary/aromatic N) is 3. The molecule has 2 N–H and O–H groups in total. The van der Waals surface area contributed by atoms with Crippen LogP contribution in [0.2, 0.25) is 0 Å². The molecule has 0 radical (unpaired) electrons. The molecule has 0 aromatic carbocycles. The van der Waals surface area contributed by atoms with Crippen LogP contribution >= 0.6 is 15.9 Å². The van der Waals surface area contributed by atoms with Gasteiger partial charge >= 0.3 is 0 Å². The average molecular weight is 215 g/mol. The second-order valence-electron chi connectivity index (χ2n) is 2.03. The van der Waals surface area contributed by atoms with Crippen molar-refractivity contribution >= 4 is 15.9 Å². The lowest BCUT2D eigenvalue weighted by Gasteiger charge is -2.02. The maximum absolute atomic E-state index is 5.57. The molecule has 0 aliphatic carbocycles. The Balaban J connectivity index is 3.12. The number of nitrogens with two attached hydrogens (primary N) is 1. The molecular weight excluding hydrogens is 208 g/mol. The molecule has 0 saturated carbocycles. The van der Waals surface area contributed by atoms with Gasteiger partial charge in [0, 0.05) is 7.05 Å². The van der Waals surface area contributed by atoms with Crippen molar-refractivity contribution in [2.24, 2.45) is 12.8 Å². The minimum Gasteiger partial charge on any atom is -0.313 e. The van der Waals surface area contributed by atoms with Gasteiger partial charge in [0.1, 0.15) is 11.7 Å². The highest BCUT2D eigenvalue weighted by molar-refractivity contribution is 9.10. The van der Waals surface area contributed by atoms with Crippen molar-refractivity contribution in [3.8, 4) is 12.3 Å². The molecule has 0 amide bonds. The van der Waals surface area contributed by atoms with Crippen LogP contribution in [0.25, 0.3) is 0 Å². The molecule has 1 unspecified atom stereocenters. The van der Waals surface area contributed by atoms with Crippen LogP contribution in [0.3, 0.4) is 0 Å². The summed E-state index contributed by atoms with van der Waals surface area (Å²) < 4.78 is 2.15. The van der Waals surface area contributed by atoms with E-state index in [1.807, 2.05) is 0 Å². The summed E-state index contributed by atoms with van der Waals surface area (Å²) in [4.78, 5) is 0. The fourth-order valence-electron chi connectivity index (χ4n) is 0.748. The predicted octanol–water partition coefficient (Wildman–Crippen LogP) is 0.211. The van der Waals surface area contributed by atoms with E-state index in [4.69, 9.17) is 12.2 Å². The Labute approximate surface area is 72.9 Å². The zero-order chi connectivity index (χ0) is 8.43. The number of terminal acetylenes is 1. The Kier molecular flexibility index (Phi) is 2.27. The Bertz CT molecular complexity index is 279. The van der Waals surface area contributed by atoms with Gasteiger partial charge in [-0.05, 0) is 15.9 Å². The molecule has 0 fully saturated rings. The van der Waals surface area contributed by atoms with Crippen LogP contribution < -0.4 is 5.73 Å². The van der Waals surface area contributed by atoms with Gasteiger partial charge in [-0.15, -0.1) is 11.5 Å². The monoisotopic (exact) mass is 214 g/mol. The van der Waals surface area contributed by atoms with Crippen LogP contribution in [0.5, 0.6) is 0 Å². The van der Waals surface area contributed by atoms with E-state index >= 15 is 0 Å². The van der Waals surface area contributed by atoms with Gasteiger partial charge in [-0.2, -0.15) is 0 Å². The van der Waals surface area contributed by atoms with Crippen molar-refractivity contribution in [1.82, 2.24) is 15.0 Å². The second-order valence-corrected chi connectivity index (χ2v) is 2.78. The Morgan fingerprint density at radius 1 is 1.82 bits per heavy atom. The van der Waals surface area contributed by atoms with E-state index in [9.17, 15) is 0 Å². The second kappa shape index (κ2) is 3.03. The van der Waals surface area contributed by atoms with Crippen molar-refractivity contribution in [2.45, 2.75) is 6.04 Å². The lowest BCUT2D eigenvalue weighted by atomic mass is 10.2. The summed E-state index contributed by atoms with van der Waals surface area (Å²) >= 11 is 3.19. The fraction of sp³-hybridized carbons (Fsp3) is 0.333. The van der Waals surface area contributed by atoms with E-state index in [1.165, 1.54) is 0 Å². The summed E-state index contributed by atoms with van der Waals surface area (Å²) in [6.07, 6.45) is 5.14. The van der Waals surface area contributed by atoms with E-state index in [0.29, 0.717) is 10.3 Å². The first-order chi connectivity index (χ1) is 5.16. The maximum atomic E-state index is 5.57. The number of hydrogen-bond acceptors (Lipinski definition) is 3. The van der Waals surface area contributed by atoms with Gasteiger partial charge in [0.25, 0.3) is 0 Å². The molecule has 1 heterocycles.